The number of ether oxygens (including phenoxy) is 1. The zero-order valence-corrected chi connectivity index (χ0v) is 19.3. The van der Waals surface area contributed by atoms with Crippen LogP contribution in [0.3, 0.4) is 0 Å². The first-order valence-electron chi connectivity index (χ1n) is 12.6. The Morgan fingerprint density at radius 3 is 2.68 bits per heavy atom. The molecule has 0 bridgehead atoms. The largest absolute Gasteiger partial charge is 0.489 e. The molecule has 31 heavy (non-hydrogen) atoms. The molecule has 0 amide bonds. The Morgan fingerprint density at radius 2 is 1.90 bits per heavy atom. The van der Waals surface area contributed by atoms with Gasteiger partial charge in [-0.2, -0.15) is 0 Å². The first kappa shape index (κ1) is 21.1. The molecule has 2 fully saturated rings. The van der Waals surface area contributed by atoms with Crippen LogP contribution in [0.1, 0.15) is 80.5 Å². The topological polar surface area (TPSA) is 29.5 Å². The molecule has 2 aromatic rings. The quantitative estimate of drug-likeness (QED) is 0.567. The molecule has 0 radical (unpaired) electrons. The van der Waals surface area contributed by atoms with Crippen molar-refractivity contribution in [2.75, 3.05) is 6.61 Å². The monoisotopic (exact) mass is 418 g/mol. The van der Waals surface area contributed by atoms with E-state index < -0.39 is 0 Å². The zero-order valence-electron chi connectivity index (χ0n) is 19.3. The fourth-order valence-corrected chi connectivity index (χ4v) is 7.53. The van der Waals surface area contributed by atoms with Crippen LogP contribution in [-0.2, 0) is 19.4 Å². The van der Waals surface area contributed by atoms with Crippen molar-refractivity contribution in [1.82, 2.24) is 0 Å². The van der Waals surface area contributed by atoms with Crippen LogP contribution >= 0.6 is 0 Å². The van der Waals surface area contributed by atoms with Crippen LogP contribution in [0.4, 0.5) is 0 Å². The molecular formula is C29H38O2. The lowest BCUT2D eigenvalue weighted by Crippen LogP contribution is -2.42. The van der Waals surface area contributed by atoms with E-state index >= 15 is 0 Å². The predicted molar refractivity (Wildman–Crippen MR) is 126 cm³/mol. The molecule has 0 saturated heterocycles. The zero-order chi connectivity index (χ0) is 21.4. The minimum absolute atomic E-state index is 0.357. The second-order valence-corrected chi connectivity index (χ2v) is 10.5. The lowest BCUT2D eigenvalue weighted by molar-refractivity contribution is 0.0209. The van der Waals surface area contributed by atoms with Gasteiger partial charge in [0.1, 0.15) is 12.4 Å². The van der Waals surface area contributed by atoms with Crippen LogP contribution in [-0.4, -0.2) is 11.7 Å². The van der Waals surface area contributed by atoms with Crippen molar-refractivity contribution in [3.8, 4) is 5.75 Å². The van der Waals surface area contributed by atoms with Gasteiger partial charge in [-0.05, 0) is 109 Å². The fourth-order valence-electron chi connectivity index (χ4n) is 7.53. The Bertz CT molecular complexity index is 904. The Kier molecular flexibility index (Phi) is 5.86. The average molecular weight is 419 g/mol. The van der Waals surface area contributed by atoms with Gasteiger partial charge in [-0.15, -0.1) is 0 Å². The number of hydrogen-bond donors (Lipinski definition) is 1. The molecule has 2 heteroatoms. The normalized spacial score (nSPS) is 31.6. The molecule has 0 heterocycles. The van der Waals surface area contributed by atoms with Gasteiger partial charge in [0.15, 0.2) is 0 Å². The lowest BCUT2D eigenvalue weighted by atomic mass is 9.54. The smallest absolute Gasteiger partial charge is 0.123 e. The summed E-state index contributed by atoms with van der Waals surface area (Å²) >= 11 is 0. The van der Waals surface area contributed by atoms with Gasteiger partial charge in [0.25, 0.3) is 0 Å². The highest BCUT2D eigenvalue weighted by Crippen LogP contribution is 2.63. The number of aliphatic hydroxyl groups excluding tert-OH is 1. The molecule has 0 unspecified atom stereocenters. The van der Waals surface area contributed by atoms with Gasteiger partial charge in [-0.25, -0.2) is 0 Å². The summed E-state index contributed by atoms with van der Waals surface area (Å²) in [5.41, 5.74) is 6.22. The molecule has 2 aromatic carbocycles. The summed E-state index contributed by atoms with van der Waals surface area (Å²) in [5.74, 6) is 4.21. The number of aliphatic hydroxyl groups is 1. The van der Waals surface area contributed by atoms with E-state index in [-0.39, 0.29) is 0 Å². The SMILES string of the molecule is CCc1cc2c(cc1OCc1ccccc1)CC[C@@H]1[C@@H]2CC[C@]2(C)[C@@H](CCO)CC[C@@H]12. The fraction of sp³-hybridized carbons (Fsp3) is 0.586. The van der Waals surface area contributed by atoms with E-state index in [1.165, 1.54) is 55.2 Å². The van der Waals surface area contributed by atoms with Crippen molar-refractivity contribution in [3.63, 3.8) is 0 Å². The molecule has 5 atom stereocenters. The van der Waals surface area contributed by atoms with Gasteiger partial charge >= 0.3 is 0 Å². The highest BCUT2D eigenvalue weighted by atomic mass is 16.5. The maximum absolute atomic E-state index is 9.58. The molecule has 3 aliphatic carbocycles. The maximum Gasteiger partial charge on any atom is 0.123 e. The van der Waals surface area contributed by atoms with E-state index in [0.29, 0.717) is 18.6 Å². The number of fused-ring (bicyclic) bond motifs is 5. The number of hydrogen-bond acceptors (Lipinski definition) is 2. The molecule has 2 saturated carbocycles. The maximum atomic E-state index is 9.58. The molecule has 0 spiro atoms. The molecule has 5 rings (SSSR count). The number of aryl methyl sites for hydroxylation is 2. The van der Waals surface area contributed by atoms with E-state index in [0.717, 1.165) is 42.3 Å². The van der Waals surface area contributed by atoms with Gasteiger partial charge in [0, 0.05) is 6.61 Å². The lowest BCUT2D eigenvalue weighted by Gasteiger charge is -2.51. The summed E-state index contributed by atoms with van der Waals surface area (Å²) in [6, 6.07) is 15.4. The van der Waals surface area contributed by atoms with Crippen molar-refractivity contribution >= 4 is 0 Å². The highest BCUT2D eigenvalue weighted by Gasteiger charge is 2.54. The Hall–Kier alpha value is -1.80. The molecular weight excluding hydrogens is 380 g/mol. The van der Waals surface area contributed by atoms with Gasteiger partial charge in [-0.1, -0.05) is 50.2 Å². The Labute approximate surface area is 188 Å². The van der Waals surface area contributed by atoms with Crippen molar-refractivity contribution in [3.05, 3.63) is 64.7 Å². The summed E-state index contributed by atoms with van der Waals surface area (Å²) in [7, 11) is 0. The van der Waals surface area contributed by atoms with Crippen LogP contribution < -0.4 is 4.74 Å². The van der Waals surface area contributed by atoms with Crippen molar-refractivity contribution < 1.29 is 9.84 Å². The molecule has 0 aliphatic heterocycles. The molecule has 3 aliphatic rings. The minimum Gasteiger partial charge on any atom is -0.489 e. The van der Waals surface area contributed by atoms with Crippen LogP contribution in [0.5, 0.6) is 5.75 Å². The third-order valence-electron chi connectivity index (χ3n) is 9.20. The van der Waals surface area contributed by atoms with E-state index in [2.05, 4.69) is 56.3 Å². The molecule has 2 nitrogen and oxygen atoms in total. The Morgan fingerprint density at radius 1 is 1.06 bits per heavy atom. The molecule has 1 N–H and O–H groups in total. The third kappa shape index (κ3) is 3.71. The molecule has 166 valence electrons. The van der Waals surface area contributed by atoms with E-state index in [1.807, 2.05) is 0 Å². The highest BCUT2D eigenvalue weighted by molar-refractivity contribution is 5.46. The predicted octanol–water partition coefficient (Wildman–Crippen LogP) is 6.68. The first-order valence-corrected chi connectivity index (χ1v) is 12.6. The van der Waals surface area contributed by atoms with Crippen LogP contribution in [0, 0.1) is 23.2 Å². The van der Waals surface area contributed by atoms with Gasteiger partial charge in [-0.3, -0.25) is 0 Å². The van der Waals surface area contributed by atoms with Crippen LogP contribution in [0.25, 0.3) is 0 Å². The summed E-state index contributed by atoms with van der Waals surface area (Å²) in [5, 5.41) is 9.58. The summed E-state index contributed by atoms with van der Waals surface area (Å²) in [4.78, 5) is 0. The van der Waals surface area contributed by atoms with E-state index in [4.69, 9.17) is 4.74 Å². The van der Waals surface area contributed by atoms with E-state index in [1.54, 1.807) is 5.56 Å². The first-order chi connectivity index (χ1) is 15.1. The summed E-state index contributed by atoms with van der Waals surface area (Å²) < 4.78 is 6.32. The van der Waals surface area contributed by atoms with E-state index in [9.17, 15) is 5.11 Å². The summed E-state index contributed by atoms with van der Waals surface area (Å²) in [6.45, 7) is 5.81. The average Bonchev–Trinajstić information content (AvgIpc) is 3.14. The number of rotatable bonds is 6. The molecule has 0 aromatic heterocycles. The van der Waals surface area contributed by atoms with Gasteiger partial charge in [0.05, 0.1) is 0 Å². The summed E-state index contributed by atoms with van der Waals surface area (Å²) in [6.07, 6.45) is 9.89. The third-order valence-corrected chi connectivity index (χ3v) is 9.20. The second kappa shape index (κ2) is 8.62. The van der Waals surface area contributed by atoms with Gasteiger partial charge in [0.2, 0.25) is 0 Å². The van der Waals surface area contributed by atoms with Crippen molar-refractivity contribution in [1.29, 1.82) is 0 Å². The second-order valence-electron chi connectivity index (χ2n) is 10.5. The van der Waals surface area contributed by atoms with Crippen molar-refractivity contribution in [2.45, 2.75) is 77.7 Å². The minimum atomic E-state index is 0.357. The Balaban J connectivity index is 1.39. The van der Waals surface area contributed by atoms with Crippen LogP contribution in [0.2, 0.25) is 0 Å². The van der Waals surface area contributed by atoms with Crippen molar-refractivity contribution in [2.24, 2.45) is 23.2 Å². The number of benzene rings is 2. The van der Waals surface area contributed by atoms with Gasteiger partial charge < -0.3 is 9.84 Å². The van der Waals surface area contributed by atoms with Crippen LogP contribution in [0.15, 0.2) is 42.5 Å². The standard InChI is InChI=1S/C29H38O2/c1-3-21-17-26-22(18-28(21)31-19-20-7-5-4-6-8-20)9-11-25-24(26)13-15-29(2)23(14-16-30)10-12-27(25)29/h4-8,17-18,23-25,27,30H,3,9-16,19H2,1-2H3/t23-,24+,25-,27+,29-/m1/s1.